The maximum absolute atomic E-state index is 13.5. The number of nitrogens with zero attached hydrogens (tertiary/aromatic N) is 3. The van der Waals surface area contributed by atoms with Gasteiger partial charge in [-0.25, -0.2) is 13.2 Å². The van der Waals surface area contributed by atoms with E-state index in [4.69, 9.17) is 4.74 Å². The fourth-order valence-corrected chi connectivity index (χ4v) is 4.77. The molecule has 0 fully saturated rings. The number of para-hydroxylation sites is 1. The highest BCUT2D eigenvalue weighted by Gasteiger charge is 2.33. The molecular formula is C19H16N4O7S. The average Bonchev–Trinajstić information content (AvgIpc) is 2.94. The molecule has 0 saturated heterocycles. The van der Waals surface area contributed by atoms with E-state index in [0.29, 0.717) is 11.3 Å². The van der Waals surface area contributed by atoms with Crippen LogP contribution in [0.15, 0.2) is 75.3 Å². The summed E-state index contributed by atoms with van der Waals surface area (Å²) in [6.07, 6.45) is 0.211. The molecule has 4 rings (SSSR count). The molecule has 1 N–H and O–H groups in total. The van der Waals surface area contributed by atoms with Crippen LogP contribution in [0.3, 0.4) is 0 Å². The molecule has 0 aliphatic carbocycles. The van der Waals surface area contributed by atoms with Crippen molar-refractivity contribution in [1.82, 2.24) is 9.55 Å². The van der Waals surface area contributed by atoms with E-state index in [9.17, 15) is 28.1 Å². The van der Waals surface area contributed by atoms with Crippen LogP contribution in [-0.4, -0.2) is 29.4 Å². The number of aromatic nitrogens is 2. The lowest BCUT2D eigenvalue weighted by atomic mass is 10.2. The third-order valence-electron chi connectivity index (χ3n) is 4.81. The molecule has 1 atom stereocenters. The van der Waals surface area contributed by atoms with Crippen molar-refractivity contribution in [3.63, 3.8) is 0 Å². The molecule has 0 unspecified atom stereocenters. The van der Waals surface area contributed by atoms with Crippen LogP contribution in [0.4, 0.5) is 11.4 Å². The minimum atomic E-state index is -4.16. The molecule has 160 valence electrons. The predicted octanol–water partition coefficient (Wildman–Crippen LogP) is 1.37. The Morgan fingerprint density at radius 3 is 2.45 bits per heavy atom. The van der Waals surface area contributed by atoms with Gasteiger partial charge in [0.2, 0.25) is 0 Å². The topological polar surface area (TPSA) is 145 Å². The summed E-state index contributed by atoms with van der Waals surface area (Å²) < 4.78 is 34.9. The van der Waals surface area contributed by atoms with Crippen LogP contribution in [-0.2, 0) is 21.4 Å². The Kier molecular flexibility index (Phi) is 5.17. The Balaban J connectivity index is 1.81. The summed E-state index contributed by atoms with van der Waals surface area (Å²) in [4.78, 5) is 35.9. The van der Waals surface area contributed by atoms with Crippen molar-refractivity contribution < 1.29 is 18.1 Å². The highest BCUT2D eigenvalue weighted by atomic mass is 32.2. The molecule has 31 heavy (non-hydrogen) atoms. The number of hydrogen-bond acceptors (Lipinski definition) is 7. The largest absolute Gasteiger partial charge is 0.351 e. The van der Waals surface area contributed by atoms with Crippen molar-refractivity contribution in [2.45, 2.75) is 17.7 Å². The molecule has 11 nitrogen and oxygen atoms in total. The van der Waals surface area contributed by atoms with Crippen LogP contribution in [0.25, 0.3) is 0 Å². The van der Waals surface area contributed by atoms with Gasteiger partial charge in [0.05, 0.1) is 28.7 Å². The zero-order chi connectivity index (χ0) is 22.2. The summed E-state index contributed by atoms with van der Waals surface area (Å²) >= 11 is 0. The standard InChI is InChI=1S/C19H16N4O7S/c24-17-9-10-21(19(25)20-17)18-11-22(16-4-2-1-3-13(16)12-30-18)31(28,29)15-7-5-14(6-8-15)23(26)27/h1-10,18H,11-12H2,(H,20,24,25)/t18-/m0/s1. The molecule has 0 amide bonds. The molecule has 1 aliphatic rings. The first kappa shape index (κ1) is 20.5. The Hall–Kier alpha value is -3.77. The fraction of sp³-hybridized carbons (Fsp3) is 0.158. The number of fused-ring (bicyclic) bond motifs is 1. The van der Waals surface area contributed by atoms with Crippen molar-refractivity contribution in [3.05, 3.63) is 97.3 Å². The van der Waals surface area contributed by atoms with Crippen LogP contribution in [0.2, 0.25) is 0 Å². The zero-order valence-electron chi connectivity index (χ0n) is 15.9. The van der Waals surface area contributed by atoms with E-state index in [1.54, 1.807) is 24.3 Å². The van der Waals surface area contributed by atoms with Crippen molar-refractivity contribution in [1.29, 1.82) is 0 Å². The Morgan fingerprint density at radius 1 is 1.06 bits per heavy atom. The number of sulfonamides is 1. The monoisotopic (exact) mass is 444 g/mol. The van der Waals surface area contributed by atoms with Crippen molar-refractivity contribution in [2.75, 3.05) is 10.8 Å². The summed E-state index contributed by atoms with van der Waals surface area (Å²) in [6.45, 7) is -0.235. The normalized spacial score (nSPS) is 16.4. The van der Waals surface area contributed by atoms with Gasteiger partial charge in [-0.1, -0.05) is 18.2 Å². The lowest BCUT2D eigenvalue weighted by Crippen LogP contribution is -2.40. The summed E-state index contributed by atoms with van der Waals surface area (Å²) in [6, 6.07) is 12.4. The lowest BCUT2D eigenvalue weighted by molar-refractivity contribution is -0.384. The summed E-state index contributed by atoms with van der Waals surface area (Å²) in [5.41, 5.74) is -0.630. The number of H-pyrrole nitrogens is 1. The number of benzene rings is 2. The molecule has 0 radical (unpaired) electrons. The SMILES string of the molecule is O=c1ccn([C@@H]2CN(S(=O)(=O)c3ccc([N+](=O)[O-])cc3)c3ccccc3CO2)c(=O)[nH]1. The molecule has 1 aliphatic heterocycles. The first-order valence-corrected chi connectivity index (χ1v) is 10.5. The molecule has 12 heteroatoms. The molecule has 2 aromatic carbocycles. The average molecular weight is 444 g/mol. The first-order valence-electron chi connectivity index (χ1n) is 9.05. The third-order valence-corrected chi connectivity index (χ3v) is 6.60. The lowest BCUT2D eigenvalue weighted by Gasteiger charge is -2.27. The Bertz CT molecular complexity index is 1360. The number of nitro benzene ring substituents is 1. The molecule has 0 spiro atoms. The minimum absolute atomic E-state index is 0.0265. The minimum Gasteiger partial charge on any atom is -0.351 e. The van der Waals surface area contributed by atoms with E-state index in [-0.39, 0.29) is 23.7 Å². The van der Waals surface area contributed by atoms with Crippen molar-refractivity contribution >= 4 is 21.4 Å². The van der Waals surface area contributed by atoms with Gasteiger partial charge in [-0.3, -0.25) is 28.8 Å². The van der Waals surface area contributed by atoms with Crippen molar-refractivity contribution in [3.8, 4) is 0 Å². The number of nitrogens with one attached hydrogen (secondary N) is 1. The highest BCUT2D eigenvalue weighted by Crippen LogP contribution is 2.33. The summed E-state index contributed by atoms with van der Waals surface area (Å²) in [5.74, 6) is 0. The molecular weight excluding hydrogens is 428 g/mol. The smallest absolute Gasteiger partial charge is 0.330 e. The van der Waals surface area contributed by atoms with Gasteiger partial charge in [0, 0.05) is 30.0 Å². The van der Waals surface area contributed by atoms with E-state index in [2.05, 4.69) is 4.98 Å². The second kappa shape index (κ2) is 7.81. The van der Waals surface area contributed by atoms with Gasteiger partial charge in [-0.2, -0.15) is 0 Å². The van der Waals surface area contributed by atoms with Crippen LogP contribution >= 0.6 is 0 Å². The maximum Gasteiger partial charge on any atom is 0.330 e. The van der Waals surface area contributed by atoms with E-state index < -0.39 is 32.4 Å². The van der Waals surface area contributed by atoms with Gasteiger partial charge in [0.25, 0.3) is 21.3 Å². The van der Waals surface area contributed by atoms with Crippen molar-refractivity contribution in [2.24, 2.45) is 0 Å². The van der Waals surface area contributed by atoms with E-state index in [1.807, 2.05) is 0 Å². The molecule has 2 heterocycles. The van der Waals surface area contributed by atoms with Gasteiger partial charge >= 0.3 is 5.69 Å². The second-order valence-corrected chi connectivity index (χ2v) is 8.56. The van der Waals surface area contributed by atoms with E-state index >= 15 is 0 Å². The quantitative estimate of drug-likeness (QED) is 0.472. The van der Waals surface area contributed by atoms with Gasteiger partial charge in [-0.15, -0.1) is 0 Å². The maximum atomic E-state index is 13.5. The van der Waals surface area contributed by atoms with Gasteiger partial charge in [0.1, 0.15) is 0 Å². The first-order chi connectivity index (χ1) is 14.8. The number of hydrogen-bond donors (Lipinski definition) is 1. The molecule has 3 aromatic rings. The number of rotatable bonds is 4. The van der Waals surface area contributed by atoms with Crippen LogP contribution in [0.5, 0.6) is 0 Å². The zero-order valence-corrected chi connectivity index (χ0v) is 16.7. The van der Waals surface area contributed by atoms with E-state index in [1.165, 1.54) is 6.20 Å². The van der Waals surface area contributed by atoms with Gasteiger partial charge < -0.3 is 4.74 Å². The fourth-order valence-electron chi connectivity index (χ4n) is 3.27. The molecule has 0 bridgehead atoms. The number of nitro groups is 1. The van der Waals surface area contributed by atoms with Crippen LogP contribution in [0.1, 0.15) is 11.8 Å². The highest BCUT2D eigenvalue weighted by molar-refractivity contribution is 7.92. The predicted molar refractivity (Wildman–Crippen MR) is 109 cm³/mol. The Labute approximate surface area is 175 Å². The van der Waals surface area contributed by atoms with Gasteiger partial charge in [-0.05, 0) is 18.2 Å². The van der Waals surface area contributed by atoms with Crippen LogP contribution in [0, 0.1) is 10.1 Å². The number of non-ortho nitro benzene ring substituents is 1. The molecule has 0 saturated carbocycles. The van der Waals surface area contributed by atoms with Crippen LogP contribution < -0.4 is 15.6 Å². The second-order valence-electron chi connectivity index (χ2n) is 6.70. The molecule has 1 aromatic heterocycles. The Morgan fingerprint density at radius 2 is 1.77 bits per heavy atom. The number of ether oxygens (including phenoxy) is 1. The number of anilines is 1. The van der Waals surface area contributed by atoms with Gasteiger partial charge in [0.15, 0.2) is 6.23 Å². The summed E-state index contributed by atoms with van der Waals surface area (Å²) in [5, 5.41) is 10.9. The third kappa shape index (κ3) is 3.85. The number of aromatic amines is 1. The van der Waals surface area contributed by atoms with E-state index in [0.717, 1.165) is 39.2 Å². The summed E-state index contributed by atoms with van der Waals surface area (Å²) in [7, 11) is -4.16.